The van der Waals surface area contributed by atoms with Gasteiger partial charge < -0.3 is 10.2 Å². The van der Waals surface area contributed by atoms with E-state index in [1.807, 2.05) is 24.9 Å². The highest BCUT2D eigenvalue weighted by atomic mass is 32.2. The van der Waals surface area contributed by atoms with Crippen molar-refractivity contribution in [2.45, 2.75) is 42.9 Å². The van der Waals surface area contributed by atoms with E-state index in [1.54, 1.807) is 6.07 Å². The number of thiophene rings is 1. The molecule has 3 heterocycles. The van der Waals surface area contributed by atoms with Gasteiger partial charge >= 0.3 is 0 Å². The molecule has 2 aliphatic rings. The average Bonchev–Trinajstić information content (AvgIpc) is 3.08. The summed E-state index contributed by atoms with van der Waals surface area (Å²) in [6, 6.07) is 3.98. The first-order chi connectivity index (χ1) is 11.9. The molecule has 25 heavy (non-hydrogen) atoms. The summed E-state index contributed by atoms with van der Waals surface area (Å²) in [7, 11) is -1.52. The Hall–Kier alpha value is -0.960. The maximum absolute atomic E-state index is 12.8. The third-order valence-electron chi connectivity index (χ3n) is 5.26. The normalized spacial score (nSPS) is 23.8. The number of carbonyl (C=O) groups excluding carboxylic acids is 1. The van der Waals surface area contributed by atoms with Gasteiger partial charge in [0.25, 0.3) is 10.0 Å². The van der Waals surface area contributed by atoms with Crippen LogP contribution in [0.15, 0.2) is 16.3 Å². The summed E-state index contributed by atoms with van der Waals surface area (Å²) in [6.45, 7) is 4.24. The van der Waals surface area contributed by atoms with Crippen molar-refractivity contribution in [2.75, 3.05) is 33.2 Å². The van der Waals surface area contributed by atoms with Gasteiger partial charge in [0, 0.05) is 37.1 Å². The van der Waals surface area contributed by atoms with E-state index in [-0.39, 0.29) is 11.8 Å². The third kappa shape index (κ3) is 4.07. The second kappa shape index (κ2) is 7.73. The van der Waals surface area contributed by atoms with E-state index >= 15 is 0 Å². The highest BCUT2D eigenvalue weighted by molar-refractivity contribution is 7.91. The van der Waals surface area contributed by atoms with Crippen molar-refractivity contribution in [3.63, 3.8) is 0 Å². The fourth-order valence-electron chi connectivity index (χ4n) is 3.69. The van der Waals surface area contributed by atoms with Crippen LogP contribution < -0.4 is 5.32 Å². The molecule has 8 heteroatoms. The molecule has 2 fully saturated rings. The Balaban J connectivity index is 1.66. The summed E-state index contributed by atoms with van der Waals surface area (Å²) in [4.78, 5) is 15.8. The van der Waals surface area contributed by atoms with Crippen molar-refractivity contribution in [3.8, 4) is 0 Å². The van der Waals surface area contributed by atoms with E-state index in [1.165, 1.54) is 15.6 Å². The fraction of sp³-hybridized carbons (Fsp3) is 0.706. The lowest BCUT2D eigenvalue weighted by Crippen LogP contribution is -2.50. The lowest BCUT2D eigenvalue weighted by Gasteiger charge is -2.37. The van der Waals surface area contributed by atoms with Crippen LogP contribution in [-0.2, 0) is 14.8 Å². The van der Waals surface area contributed by atoms with E-state index in [2.05, 4.69) is 5.32 Å². The molecule has 1 aromatic rings. The number of nitrogens with one attached hydrogen (secondary N) is 1. The molecule has 0 saturated carbocycles. The number of aryl methyl sites for hydroxylation is 1. The maximum Gasteiger partial charge on any atom is 0.252 e. The van der Waals surface area contributed by atoms with Crippen molar-refractivity contribution in [1.29, 1.82) is 0 Å². The fourth-order valence-corrected chi connectivity index (χ4v) is 6.65. The van der Waals surface area contributed by atoms with Crippen LogP contribution in [0.25, 0.3) is 0 Å². The number of hydrogen-bond donors (Lipinski definition) is 1. The first kappa shape index (κ1) is 18.8. The largest absolute Gasteiger partial charge is 0.342 e. The molecule has 1 unspecified atom stereocenters. The van der Waals surface area contributed by atoms with Crippen LogP contribution in [0.1, 0.15) is 30.6 Å². The first-order valence-electron chi connectivity index (χ1n) is 8.94. The summed E-state index contributed by atoms with van der Waals surface area (Å²) in [5.74, 6) is -0.0902. The highest BCUT2D eigenvalue weighted by Gasteiger charge is 2.36. The second-order valence-corrected chi connectivity index (χ2v) is 10.4. The number of hydrogen-bond acceptors (Lipinski definition) is 5. The predicted octanol–water partition coefficient (Wildman–Crippen LogP) is 1.67. The van der Waals surface area contributed by atoms with Crippen LogP contribution in [0.4, 0.5) is 0 Å². The van der Waals surface area contributed by atoms with Crippen LogP contribution in [0.5, 0.6) is 0 Å². The van der Waals surface area contributed by atoms with Crippen molar-refractivity contribution in [2.24, 2.45) is 5.92 Å². The molecule has 2 aliphatic heterocycles. The van der Waals surface area contributed by atoms with E-state index in [0.29, 0.717) is 23.3 Å². The quantitative estimate of drug-likeness (QED) is 0.856. The molecule has 1 amide bonds. The van der Waals surface area contributed by atoms with Gasteiger partial charge in [-0.15, -0.1) is 11.3 Å². The Morgan fingerprint density at radius 1 is 1.20 bits per heavy atom. The van der Waals surface area contributed by atoms with Gasteiger partial charge in [-0.05, 0) is 51.8 Å². The van der Waals surface area contributed by atoms with E-state index in [0.717, 1.165) is 43.6 Å². The SMILES string of the molecule is CNC1CCN(C(=O)C2CCCN(S(=O)(=O)c3ccc(C)s3)C2)CC1. The van der Waals surface area contributed by atoms with Crippen LogP contribution in [0.3, 0.4) is 0 Å². The Morgan fingerprint density at radius 3 is 2.52 bits per heavy atom. The number of likely N-dealkylation sites (tertiary alicyclic amines) is 1. The summed E-state index contributed by atoms with van der Waals surface area (Å²) in [5.41, 5.74) is 0. The van der Waals surface area contributed by atoms with E-state index in [9.17, 15) is 13.2 Å². The van der Waals surface area contributed by atoms with Crippen LogP contribution >= 0.6 is 11.3 Å². The standard InChI is InChI=1S/C17H27N3O3S2/c1-13-5-6-16(24-13)25(22,23)20-9-3-4-14(12-20)17(21)19-10-7-15(18-2)8-11-19/h5-6,14-15,18H,3-4,7-12H2,1-2H3. The molecule has 6 nitrogen and oxygen atoms in total. The lowest BCUT2D eigenvalue weighted by atomic mass is 9.96. The predicted molar refractivity (Wildman–Crippen MR) is 99.2 cm³/mol. The molecular weight excluding hydrogens is 358 g/mol. The molecule has 1 N–H and O–H groups in total. The number of sulfonamides is 1. The molecule has 2 saturated heterocycles. The van der Waals surface area contributed by atoms with Crippen LogP contribution in [0, 0.1) is 12.8 Å². The molecule has 0 spiro atoms. The molecule has 0 bridgehead atoms. The second-order valence-electron chi connectivity index (χ2n) is 6.96. The monoisotopic (exact) mass is 385 g/mol. The number of nitrogens with zero attached hydrogens (tertiary/aromatic N) is 2. The van der Waals surface area contributed by atoms with Gasteiger partial charge in [0.1, 0.15) is 4.21 Å². The molecule has 3 rings (SSSR count). The zero-order valence-electron chi connectivity index (χ0n) is 14.9. The molecule has 1 aromatic heterocycles. The Labute approximate surface area is 154 Å². The third-order valence-corrected chi connectivity index (χ3v) is 8.59. The zero-order chi connectivity index (χ0) is 18.0. The Bertz CT molecular complexity index is 708. The van der Waals surface area contributed by atoms with Gasteiger partial charge in [0.05, 0.1) is 5.92 Å². The lowest BCUT2D eigenvalue weighted by molar-refractivity contribution is -0.137. The average molecular weight is 386 g/mol. The molecular formula is C17H27N3O3S2. The zero-order valence-corrected chi connectivity index (χ0v) is 16.5. The van der Waals surface area contributed by atoms with Crippen LogP contribution in [0.2, 0.25) is 0 Å². The minimum Gasteiger partial charge on any atom is -0.342 e. The molecule has 0 aromatic carbocycles. The number of amides is 1. The van der Waals surface area contributed by atoms with Gasteiger partial charge in [-0.1, -0.05) is 0 Å². The smallest absolute Gasteiger partial charge is 0.252 e. The Kier molecular flexibility index (Phi) is 5.82. The number of carbonyl (C=O) groups is 1. The van der Waals surface area contributed by atoms with Gasteiger partial charge in [-0.3, -0.25) is 4.79 Å². The van der Waals surface area contributed by atoms with Crippen molar-refractivity contribution in [3.05, 3.63) is 17.0 Å². The van der Waals surface area contributed by atoms with Gasteiger partial charge in [-0.2, -0.15) is 4.31 Å². The number of piperidine rings is 2. The maximum atomic E-state index is 12.8. The van der Waals surface area contributed by atoms with Gasteiger partial charge in [0.2, 0.25) is 5.91 Å². The minimum atomic E-state index is -3.48. The van der Waals surface area contributed by atoms with E-state index < -0.39 is 10.0 Å². The Morgan fingerprint density at radius 2 is 1.92 bits per heavy atom. The van der Waals surface area contributed by atoms with Gasteiger partial charge in [0.15, 0.2) is 0 Å². The summed E-state index contributed by atoms with van der Waals surface area (Å²) in [6.07, 6.45) is 3.45. The summed E-state index contributed by atoms with van der Waals surface area (Å²) < 4.78 is 27.5. The molecule has 1 atom stereocenters. The highest BCUT2D eigenvalue weighted by Crippen LogP contribution is 2.29. The van der Waals surface area contributed by atoms with Crippen molar-refractivity contribution < 1.29 is 13.2 Å². The molecule has 0 radical (unpaired) electrons. The van der Waals surface area contributed by atoms with E-state index in [4.69, 9.17) is 0 Å². The topological polar surface area (TPSA) is 69.7 Å². The van der Waals surface area contributed by atoms with Gasteiger partial charge in [-0.25, -0.2) is 8.42 Å². The first-order valence-corrected chi connectivity index (χ1v) is 11.2. The molecule has 140 valence electrons. The summed E-state index contributed by atoms with van der Waals surface area (Å²) in [5, 5.41) is 3.27. The van der Waals surface area contributed by atoms with Crippen molar-refractivity contribution >= 4 is 27.3 Å². The van der Waals surface area contributed by atoms with Crippen molar-refractivity contribution in [1.82, 2.24) is 14.5 Å². The summed E-state index contributed by atoms with van der Waals surface area (Å²) >= 11 is 1.30. The number of rotatable bonds is 4. The minimum absolute atomic E-state index is 0.122. The van der Waals surface area contributed by atoms with Crippen LogP contribution in [-0.4, -0.2) is 62.8 Å². The molecule has 0 aliphatic carbocycles.